The molecule has 1 amide bonds. The molecule has 0 atom stereocenters. The molecule has 0 radical (unpaired) electrons. The highest BCUT2D eigenvalue weighted by atomic mass is 32.2. The summed E-state index contributed by atoms with van der Waals surface area (Å²) in [5, 5.41) is 2.62. The van der Waals surface area contributed by atoms with Crippen molar-refractivity contribution in [2.75, 3.05) is 38.7 Å². The maximum atomic E-state index is 12.8. The zero-order chi connectivity index (χ0) is 18.6. The van der Waals surface area contributed by atoms with Crippen LogP contribution in [0.15, 0.2) is 41.7 Å². The lowest BCUT2D eigenvalue weighted by molar-refractivity contribution is 0.0730. The summed E-state index contributed by atoms with van der Waals surface area (Å²) < 4.78 is 37.3. The third-order valence-electron chi connectivity index (χ3n) is 3.82. The number of morpholine rings is 1. The van der Waals surface area contributed by atoms with Crippen LogP contribution in [-0.2, 0) is 14.8 Å². The molecule has 0 bridgehead atoms. The highest BCUT2D eigenvalue weighted by Gasteiger charge is 2.27. The number of benzene rings is 1. The third kappa shape index (κ3) is 3.82. The number of aromatic nitrogens is 2. The molecule has 0 aliphatic carbocycles. The van der Waals surface area contributed by atoms with Crippen LogP contribution in [0.1, 0.15) is 10.5 Å². The number of hydrogen-bond donors (Lipinski definition) is 1. The second-order valence-corrected chi connectivity index (χ2v) is 7.36. The number of ether oxygens (including phenoxy) is 2. The Bertz CT molecular complexity index is 883. The largest absolute Gasteiger partial charge is 0.495 e. The second kappa shape index (κ2) is 7.77. The maximum Gasteiger partial charge on any atom is 0.275 e. The van der Waals surface area contributed by atoms with Gasteiger partial charge in [-0.3, -0.25) is 9.78 Å². The van der Waals surface area contributed by atoms with Gasteiger partial charge in [0.25, 0.3) is 5.91 Å². The zero-order valence-corrected chi connectivity index (χ0v) is 14.9. The van der Waals surface area contributed by atoms with Crippen LogP contribution in [0.5, 0.6) is 5.75 Å². The third-order valence-corrected chi connectivity index (χ3v) is 5.72. The minimum atomic E-state index is -3.69. The summed E-state index contributed by atoms with van der Waals surface area (Å²) in [6, 6.07) is 4.32. The number of nitrogens with zero attached hydrogens (tertiary/aromatic N) is 3. The number of methoxy groups -OCH3 is 1. The van der Waals surface area contributed by atoms with Gasteiger partial charge in [0.15, 0.2) is 0 Å². The molecule has 1 N–H and O–H groups in total. The molecule has 3 rings (SSSR count). The van der Waals surface area contributed by atoms with Gasteiger partial charge in [-0.05, 0) is 18.2 Å². The number of carbonyl (C=O) groups is 1. The molecule has 0 unspecified atom stereocenters. The maximum absolute atomic E-state index is 12.8. The van der Waals surface area contributed by atoms with E-state index in [-0.39, 0.29) is 29.4 Å². The van der Waals surface area contributed by atoms with Crippen molar-refractivity contribution >= 4 is 21.6 Å². The summed E-state index contributed by atoms with van der Waals surface area (Å²) >= 11 is 0. The van der Waals surface area contributed by atoms with Gasteiger partial charge < -0.3 is 14.8 Å². The Hall–Kier alpha value is -2.56. The summed E-state index contributed by atoms with van der Waals surface area (Å²) in [5.41, 5.74) is 0.341. The monoisotopic (exact) mass is 378 g/mol. The number of anilines is 1. The molecule has 2 heterocycles. The van der Waals surface area contributed by atoms with Crippen LogP contribution in [0.2, 0.25) is 0 Å². The van der Waals surface area contributed by atoms with Gasteiger partial charge in [-0.2, -0.15) is 4.31 Å². The predicted octanol–water partition coefficient (Wildman–Crippen LogP) is 0.758. The van der Waals surface area contributed by atoms with Gasteiger partial charge >= 0.3 is 0 Å². The van der Waals surface area contributed by atoms with Crippen molar-refractivity contribution in [1.82, 2.24) is 14.3 Å². The van der Waals surface area contributed by atoms with Crippen LogP contribution < -0.4 is 10.1 Å². The van der Waals surface area contributed by atoms with Gasteiger partial charge in [-0.15, -0.1) is 0 Å². The second-order valence-electron chi connectivity index (χ2n) is 5.42. The Morgan fingerprint density at radius 2 is 2.04 bits per heavy atom. The van der Waals surface area contributed by atoms with E-state index in [1.165, 1.54) is 48.2 Å². The Morgan fingerprint density at radius 1 is 1.27 bits per heavy atom. The molecule has 1 aromatic heterocycles. The normalized spacial score (nSPS) is 15.4. The van der Waals surface area contributed by atoms with Crippen molar-refractivity contribution in [3.05, 3.63) is 42.5 Å². The first kappa shape index (κ1) is 18.2. The standard InChI is InChI=1S/C16H18N4O5S/c1-24-15-3-2-12(26(22,23)20-6-8-25-9-7-20)10-13(15)19-16(21)14-11-17-4-5-18-14/h2-5,10-11H,6-9H2,1H3,(H,19,21). The minimum Gasteiger partial charge on any atom is -0.495 e. The summed E-state index contributed by atoms with van der Waals surface area (Å²) in [6.07, 6.45) is 4.16. The van der Waals surface area contributed by atoms with Gasteiger partial charge in [0.1, 0.15) is 11.4 Å². The molecule has 1 aromatic carbocycles. The van der Waals surface area contributed by atoms with E-state index in [4.69, 9.17) is 9.47 Å². The average molecular weight is 378 g/mol. The average Bonchev–Trinajstić information content (AvgIpc) is 2.69. The fourth-order valence-electron chi connectivity index (χ4n) is 2.48. The number of hydrogen-bond acceptors (Lipinski definition) is 7. The first-order valence-corrected chi connectivity index (χ1v) is 9.29. The van der Waals surface area contributed by atoms with Crippen molar-refractivity contribution in [3.8, 4) is 5.75 Å². The molecular weight excluding hydrogens is 360 g/mol. The van der Waals surface area contributed by atoms with E-state index in [2.05, 4.69) is 15.3 Å². The lowest BCUT2D eigenvalue weighted by Crippen LogP contribution is -2.40. The van der Waals surface area contributed by atoms with Gasteiger partial charge in [0.2, 0.25) is 10.0 Å². The first-order valence-electron chi connectivity index (χ1n) is 7.85. The smallest absolute Gasteiger partial charge is 0.275 e. The van der Waals surface area contributed by atoms with Crippen molar-refractivity contribution in [2.24, 2.45) is 0 Å². The molecule has 1 fully saturated rings. The van der Waals surface area contributed by atoms with Crippen molar-refractivity contribution in [2.45, 2.75) is 4.90 Å². The van der Waals surface area contributed by atoms with E-state index in [1.807, 2.05) is 0 Å². The number of amides is 1. The number of carbonyl (C=O) groups excluding carboxylic acids is 1. The van der Waals surface area contributed by atoms with E-state index in [1.54, 1.807) is 0 Å². The minimum absolute atomic E-state index is 0.0645. The topological polar surface area (TPSA) is 111 Å². The van der Waals surface area contributed by atoms with Crippen molar-refractivity contribution in [3.63, 3.8) is 0 Å². The van der Waals surface area contributed by atoms with E-state index in [9.17, 15) is 13.2 Å². The summed E-state index contributed by atoms with van der Waals surface area (Å²) in [5.74, 6) is -0.180. The fourth-order valence-corrected chi connectivity index (χ4v) is 3.92. The Kier molecular flexibility index (Phi) is 5.45. The molecule has 0 spiro atoms. The number of sulfonamides is 1. The fraction of sp³-hybridized carbons (Fsp3) is 0.312. The molecule has 1 saturated heterocycles. The first-order chi connectivity index (χ1) is 12.5. The van der Waals surface area contributed by atoms with E-state index in [0.717, 1.165) is 0 Å². The van der Waals surface area contributed by atoms with Crippen molar-refractivity contribution < 1.29 is 22.7 Å². The number of rotatable bonds is 5. The molecule has 138 valence electrons. The molecule has 2 aromatic rings. The quantitative estimate of drug-likeness (QED) is 0.817. The van der Waals surface area contributed by atoms with Gasteiger partial charge in [-0.25, -0.2) is 13.4 Å². The number of nitrogens with one attached hydrogen (secondary N) is 1. The molecule has 1 aliphatic rings. The van der Waals surface area contributed by atoms with E-state index in [0.29, 0.717) is 19.0 Å². The van der Waals surface area contributed by atoms with Crippen molar-refractivity contribution in [1.29, 1.82) is 0 Å². The molecule has 9 nitrogen and oxygen atoms in total. The van der Waals surface area contributed by atoms with Crippen LogP contribution in [0.4, 0.5) is 5.69 Å². The zero-order valence-electron chi connectivity index (χ0n) is 14.1. The van der Waals surface area contributed by atoms with Crippen LogP contribution in [-0.4, -0.2) is 62.0 Å². The van der Waals surface area contributed by atoms with Gasteiger partial charge in [0.05, 0.1) is 37.1 Å². The van der Waals surface area contributed by atoms with Crippen LogP contribution >= 0.6 is 0 Å². The Balaban J connectivity index is 1.90. The predicted molar refractivity (Wildman–Crippen MR) is 92.6 cm³/mol. The molecule has 0 saturated carbocycles. The lowest BCUT2D eigenvalue weighted by atomic mass is 10.2. The van der Waals surface area contributed by atoms with E-state index >= 15 is 0 Å². The van der Waals surface area contributed by atoms with Crippen LogP contribution in [0.3, 0.4) is 0 Å². The highest BCUT2D eigenvalue weighted by Crippen LogP contribution is 2.29. The van der Waals surface area contributed by atoms with E-state index < -0.39 is 15.9 Å². The summed E-state index contributed by atoms with van der Waals surface area (Å²) in [4.78, 5) is 20.1. The molecule has 1 aliphatic heterocycles. The molecule has 26 heavy (non-hydrogen) atoms. The Labute approximate surface area is 151 Å². The van der Waals surface area contributed by atoms with Crippen LogP contribution in [0.25, 0.3) is 0 Å². The lowest BCUT2D eigenvalue weighted by Gasteiger charge is -2.26. The molecule has 10 heteroatoms. The molecular formula is C16H18N4O5S. The SMILES string of the molecule is COc1ccc(S(=O)(=O)N2CCOCC2)cc1NC(=O)c1cnccn1. The summed E-state index contributed by atoms with van der Waals surface area (Å²) in [7, 11) is -2.26. The van der Waals surface area contributed by atoms with Gasteiger partial charge in [-0.1, -0.05) is 0 Å². The highest BCUT2D eigenvalue weighted by molar-refractivity contribution is 7.89. The summed E-state index contributed by atoms with van der Waals surface area (Å²) in [6.45, 7) is 1.28. The van der Waals surface area contributed by atoms with Gasteiger partial charge in [0, 0.05) is 25.5 Å². The van der Waals surface area contributed by atoms with Crippen LogP contribution in [0, 0.1) is 0 Å². The Morgan fingerprint density at radius 3 is 2.69 bits per heavy atom.